The van der Waals surface area contributed by atoms with Crippen LogP contribution in [0, 0.1) is 6.92 Å². The molecule has 2 fully saturated rings. The summed E-state index contributed by atoms with van der Waals surface area (Å²) in [5.41, 5.74) is 4.31. The lowest BCUT2D eigenvalue weighted by Gasteiger charge is -2.47. The number of fused-ring (bicyclic) bond motifs is 2. The van der Waals surface area contributed by atoms with Crippen molar-refractivity contribution in [2.45, 2.75) is 77.7 Å². The van der Waals surface area contributed by atoms with Crippen molar-refractivity contribution in [2.75, 3.05) is 26.2 Å². The van der Waals surface area contributed by atoms with Gasteiger partial charge in [-0.3, -0.25) is 9.69 Å². The first-order valence-corrected chi connectivity index (χ1v) is 18.2. The number of carboxylic acids is 1. The van der Waals surface area contributed by atoms with Crippen molar-refractivity contribution in [1.29, 1.82) is 0 Å². The van der Waals surface area contributed by atoms with Gasteiger partial charge in [-0.1, -0.05) is 23.7 Å². The summed E-state index contributed by atoms with van der Waals surface area (Å²) in [5.74, 6) is -1.21. The first kappa shape index (κ1) is 35.4. The van der Waals surface area contributed by atoms with E-state index in [0.717, 1.165) is 28.0 Å². The Morgan fingerprint density at radius 3 is 2.33 bits per heavy atom. The number of aromatic nitrogens is 4. The lowest BCUT2D eigenvalue weighted by molar-refractivity contribution is -0.160. The van der Waals surface area contributed by atoms with E-state index in [4.69, 9.17) is 26.3 Å². The van der Waals surface area contributed by atoms with Gasteiger partial charge in [-0.15, -0.1) is 11.3 Å². The predicted octanol–water partition coefficient (Wildman–Crippen LogP) is 8.08. The zero-order valence-electron chi connectivity index (χ0n) is 29.0. The fourth-order valence-corrected chi connectivity index (χ4v) is 8.50. The lowest BCUT2D eigenvalue weighted by atomic mass is 9.90. The number of thiazole rings is 1. The van der Waals surface area contributed by atoms with Crippen LogP contribution in [-0.2, 0) is 14.3 Å². The van der Waals surface area contributed by atoms with Gasteiger partial charge in [0.15, 0.2) is 6.10 Å². The molecule has 1 atom stereocenters. The SMILES string of the molecule is CC(=O)N1CC(N2CCC(c3c4nc(-c5nc6cc(C)c(C(OC(C)(C)C)C(=O)O)c(-c7ccc(Cl)cc7)c6s5)ccc4nn3C(F)F)CC2)C1. The maximum atomic E-state index is 14.5. The summed E-state index contributed by atoms with van der Waals surface area (Å²) in [6, 6.07) is 12.8. The van der Waals surface area contributed by atoms with Crippen molar-refractivity contribution in [3.63, 3.8) is 0 Å². The van der Waals surface area contributed by atoms with E-state index in [1.165, 1.54) is 11.3 Å². The van der Waals surface area contributed by atoms with Crippen LogP contribution in [0.15, 0.2) is 42.5 Å². The van der Waals surface area contributed by atoms with Gasteiger partial charge in [0.1, 0.15) is 16.0 Å². The van der Waals surface area contributed by atoms with E-state index in [1.54, 1.807) is 31.2 Å². The molecule has 0 aliphatic carbocycles. The predicted molar refractivity (Wildman–Crippen MR) is 193 cm³/mol. The van der Waals surface area contributed by atoms with Crippen molar-refractivity contribution < 1.29 is 28.2 Å². The molecule has 0 saturated carbocycles. The summed E-state index contributed by atoms with van der Waals surface area (Å²) < 4.78 is 36.6. The number of aliphatic carboxylic acids is 1. The molecule has 0 radical (unpaired) electrons. The maximum Gasteiger partial charge on any atom is 0.337 e. The van der Waals surface area contributed by atoms with Crippen LogP contribution >= 0.6 is 22.9 Å². The number of benzene rings is 2. The fourth-order valence-electron chi connectivity index (χ4n) is 7.28. The number of alkyl halides is 2. The Balaban J connectivity index is 1.30. The number of carbonyl (C=O) groups is 2. The molecule has 2 aromatic carbocycles. The Bertz CT molecular complexity index is 2130. The van der Waals surface area contributed by atoms with Crippen LogP contribution in [0.2, 0.25) is 5.02 Å². The van der Waals surface area contributed by atoms with Gasteiger partial charge >= 0.3 is 12.5 Å². The number of nitrogens with zero attached hydrogens (tertiary/aromatic N) is 6. The second-order valence-corrected chi connectivity index (χ2v) is 15.8. The number of hydrogen-bond donors (Lipinski definition) is 1. The molecule has 0 bridgehead atoms. The average molecular weight is 737 g/mol. The molecule has 2 aliphatic heterocycles. The van der Waals surface area contributed by atoms with Crippen molar-refractivity contribution in [3.05, 3.63) is 64.3 Å². The van der Waals surface area contributed by atoms with Crippen molar-refractivity contribution in [1.82, 2.24) is 29.5 Å². The van der Waals surface area contributed by atoms with Crippen molar-refractivity contribution >= 4 is 56.1 Å². The van der Waals surface area contributed by atoms with E-state index in [1.807, 2.05) is 50.8 Å². The molecule has 268 valence electrons. The summed E-state index contributed by atoms with van der Waals surface area (Å²) >= 11 is 7.61. The van der Waals surface area contributed by atoms with Crippen molar-refractivity contribution in [2.24, 2.45) is 0 Å². The number of halogens is 3. The van der Waals surface area contributed by atoms with Crippen LogP contribution in [0.4, 0.5) is 8.78 Å². The minimum atomic E-state index is -2.82. The van der Waals surface area contributed by atoms with Gasteiger partial charge in [0.05, 0.1) is 27.2 Å². The van der Waals surface area contributed by atoms with Gasteiger partial charge in [-0.25, -0.2) is 19.4 Å². The molecule has 1 N–H and O–H groups in total. The molecule has 7 rings (SSSR count). The number of piperidine rings is 1. The number of carbonyl (C=O) groups excluding carboxylic acids is 1. The van der Waals surface area contributed by atoms with E-state index in [9.17, 15) is 23.5 Å². The minimum Gasteiger partial charge on any atom is -0.479 e. The molecular formula is C37H39ClF2N6O4S. The zero-order valence-corrected chi connectivity index (χ0v) is 30.6. The molecule has 1 amide bonds. The van der Waals surface area contributed by atoms with Gasteiger partial charge < -0.3 is 14.7 Å². The van der Waals surface area contributed by atoms with Gasteiger partial charge in [-0.05, 0) is 95.1 Å². The van der Waals surface area contributed by atoms with E-state index < -0.39 is 24.2 Å². The first-order valence-electron chi connectivity index (χ1n) is 17.0. The smallest absolute Gasteiger partial charge is 0.337 e. The number of aryl methyl sites for hydroxylation is 1. The maximum absolute atomic E-state index is 14.5. The average Bonchev–Trinajstić information content (AvgIpc) is 3.64. The van der Waals surface area contributed by atoms with E-state index in [0.29, 0.717) is 86.6 Å². The standard InChI is InChI=1S/C37H39ClF2N6O4S/c1-19-16-27-33(29(21-6-8-23(38)9-7-21)28(19)32(35(48)49)50-37(3,4)5)51-34(42-27)26-11-10-25-30(41-26)31(46(43-25)36(39)40)22-12-14-44(15-13-22)24-17-45(18-24)20(2)47/h6-11,16,22,24,32,36H,12-15,17-18H2,1-5H3,(H,48,49). The van der Waals surface area contributed by atoms with Gasteiger partial charge in [0.2, 0.25) is 5.91 Å². The third-order valence-electron chi connectivity index (χ3n) is 9.74. The van der Waals surface area contributed by atoms with E-state index in [-0.39, 0.29) is 11.8 Å². The highest BCUT2D eigenvalue weighted by Gasteiger charge is 2.37. The molecule has 51 heavy (non-hydrogen) atoms. The number of hydrogen-bond acceptors (Lipinski definition) is 8. The summed E-state index contributed by atoms with van der Waals surface area (Å²) in [6.07, 6.45) is 0.0855. The molecule has 2 saturated heterocycles. The molecule has 3 aromatic heterocycles. The van der Waals surface area contributed by atoms with E-state index >= 15 is 0 Å². The Morgan fingerprint density at radius 1 is 1.04 bits per heavy atom. The quantitative estimate of drug-likeness (QED) is 0.170. The number of carboxylic acid groups (broad SMARTS) is 1. The number of likely N-dealkylation sites (tertiary alicyclic amines) is 2. The second kappa shape index (κ2) is 13.5. The summed E-state index contributed by atoms with van der Waals surface area (Å²) in [7, 11) is 0. The highest BCUT2D eigenvalue weighted by Crippen LogP contribution is 2.45. The third kappa shape index (κ3) is 6.84. The van der Waals surface area contributed by atoms with Crippen LogP contribution in [0.5, 0.6) is 0 Å². The minimum absolute atomic E-state index is 0.0687. The van der Waals surface area contributed by atoms with Crippen LogP contribution < -0.4 is 0 Å². The lowest BCUT2D eigenvalue weighted by Crippen LogP contribution is -2.61. The van der Waals surface area contributed by atoms with Crippen LogP contribution in [0.3, 0.4) is 0 Å². The Labute approximate surface area is 303 Å². The molecule has 14 heteroatoms. The molecule has 10 nitrogen and oxygen atoms in total. The van der Waals surface area contributed by atoms with Crippen LogP contribution in [0.25, 0.3) is 43.1 Å². The second-order valence-electron chi connectivity index (χ2n) is 14.4. The Kier molecular flexibility index (Phi) is 9.36. The fraction of sp³-hybridized carbons (Fsp3) is 0.432. The molecule has 2 aliphatic rings. The summed E-state index contributed by atoms with van der Waals surface area (Å²) in [4.78, 5) is 38.4. The van der Waals surface area contributed by atoms with Gasteiger partial charge in [0.25, 0.3) is 0 Å². The van der Waals surface area contributed by atoms with E-state index in [2.05, 4.69) is 10.00 Å². The Morgan fingerprint density at radius 2 is 1.73 bits per heavy atom. The zero-order chi connectivity index (χ0) is 36.4. The molecular weight excluding hydrogens is 698 g/mol. The molecule has 0 spiro atoms. The molecule has 1 unspecified atom stereocenters. The number of ether oxygens (including phenoxy) is 1. The highest BCUT2D eigenvalue weighted by atomic mass is 35.5. The monoisotopic (exact) mass is 736 g/mol. The number of rotatable bonds is 8. The largest absolute Gasteiger partial charge is 0.479 e. The molecule has 5 heterocycles. The van der Waals surface area contributed by atoms with Gasteiger partial charge in [-0.2, -0.15) is 13.9 Å². The highest BCUT2D eigenvalue weighted by molar-refractivity contribution is 7.22. The number of pyridine rings is 1. The molecule has 5 aromatic rings. The topological polar surface area (TPSA) is 114 Å². The van der Waals surface area contributed by atoms with Crippen molar-refractivity contribution in [3.8, 4) is 21.8 Å². The normalized spacial score (nSPS) is 17.1. The Hall–Kier alpha value is -4.04. The third-order valence-corrected chi connectivity index (χ3v) is 11.1. The van der Waals surface area contributed by atoms with Crippen LogP contribution in [0.1, 0.15) is 75.9 Å². The summed E-state index contributed by atoms with van der Waals surface area (Å²) in [6.45, 7) is 8.92. The van der Waals surface area contributed by atoms with Crippen LogP contribution in [-0.4, -0.2) is 84.4 Å². The number of amides is 1. The first-order chi connectivity index (χ1) is 24.2. The van der Waals surface area contributed by atoms with Gasteiger partial charge in [0, 0.05) is 48.1 Å². The summed E-state index contributed by atoms with van der Waals surface area (Å²) in [5, 5.41) is 15.8.